The molecule has 0 aliphatic heterocycles. The van der Waals surface area contributed by atoms with Crippen LogP contribution in [0.1, 0.15) is 32.1 Å². The van der Waals surface area contributed by atoms with Gasteiger partial charge >= 0.3 is 0 Å². The predicted molar refractivity (Wildman–Crippen MR) is 51.0 cm³/mol. The smallest absolute Gasteiger partial charge is 0.0246 e. The van der Waals surface area contributed by atoms with Crippen molar-refractivity contribution in [3.05, 3.63) is 0 Å². The summed E-state index contributed by atoms with van der Waals surface area (Å²) in [5.41, 5.74) is 5.79. The molecule has 2 nitrogen and oxygen atoms in total. The fourth-order valence-corrected chi connectivity index (χ4v) is 2.24. The van der Waals surface area contributed by atoms with Crippen molar-refractivity contribution in [3.63, 3.8) is 0 Å². The highest BCUT2D eigenvalue weighted by molar-refractivity contribution is 4.92. The van der Waals surface area contributed by atoms with Crippen LogP contribution in [0.25, 0.3) is 0 Å². The normalized spacial score (nSPS) is 27.2. The van der Waals surface area contributed by atoms with E-state index in [1.807, 2.05) is 0 Å². The van der Waals surface area contributed by atoms with Crippen LogP contribution in [0.2, 0.25) is 0 Å². The number of nitrogens with two attached hydrogens (primary N) is 1. The molecule has 2 heteroatoms. The van der Waals surface area contributed by atoms with Gasteiger partial charge in [0.05, 0.1) is 0 Å². The molecule has 0 aromatic rings. The first-order chi connectivity index (χ1) is 5.83. The van der Waals surface area contributed by atoms with Crippen LogP contribution >= 0.6 is 0 Å². The summed E-state index contributed by atoms with van der Waals surface area (Å²) < 4.78 is 0. The Kier molecular flexibility index (Phi) is 2.37. The van der Waals surface area contributed by atoms with E-state index in [1.54, 1.807) is 0 Å². The third kappa shape index (κ3) is 1.50. The van der Waals surface area contributed by atoms with E-state index in [1.165, 1.54) is 32.1 Å². The minimum absolute atomic E-state index is 0.690. The Bertz CT molecular complexity index is 150. The molecule has 0 bridgehead atoms. The van der Waals surface area contributed by atoms with Crippen LogP contribution in [0.3, 0.4) is 0 Å². The molecule has 2 fully saturated rings. The van der Waals surface area contributed by atoms with Gasteiger partial charge in [0.2, 0.25) is 0 Å². The summed E-state index contributed by atoms with van der Waals surface area (Å²) in [4.78, 5) is 2.54. The van der Waals surface area contributed by atoms with Crippen molar-refractivity contribution in [3.8, 4) is 0 Å². The molecule has 2 saturated carbocycles. The summed E-state index contributed by atoms with van der Waals surface area (Å²) in [6.45, 7) is 0.859. The largest absolute Gasteiger partial charge is 0.329 e. The molecule has 70 valence electrons. The van der Waals surface area contributed by atoms with Crippen LogP contribution in [-0.4, -0.2) is 30.6 Å². The lowest BCUT2D eigenvalue weighted by Gasteiger charge is -2.39. The third-order valence-electron chi connectivity index (χ3n) is 3.58. The summed E-state index contributed by atoms with van der Waals surface area (Å²) in [5.74, 6) is 0.931. The fourth-order valence-electron chi connectivity index (χ4n) is 2.24. The van der Waals surface area contributed by atoms with Crippen LogP contribution in [-0.2, 0) is 0 Å². The standard InChI is InChI=1S/C10H20N2/c1-12(9-3-2-4-9)10(7-11)8-5-6-8/h8-10H,2-7,11H2,1H3. The molecule has 1 unspecified atom stereocenters. The Labute approximate surface area is 75.1 Å². The van der Waals surface area contributed by atoms with E-state index in [-0.39, 0.29) is 0 Å². The van der Waals surface area contributed by atoms with E-state index < -0.39 is 0 Å². The van der Waals surface area contributed by atoms with Gasteiger partial charge in [0, 0.05) is 18.6 Å². The second-order valence-corrected chi connectivity index (χ2v) is 4.39. The van der Waals surface area contributed by atoms with Gasteiger partial charge in [0.15, 0.2) is 0 Å². The van der Waals surface area contributed by atoms with E-state index in [2.05, 4.69) is 11.9 Å². The first kappa shape index (κ1) is 8.52. The lowest BCUT2D eigenvalue weighted by atomic mass is 9.90. The quantitative estimate of drug-likeness (QED) is 0.683. The van der Waals surface area contributed by atoms with Gasteiger partial charge in [-0.15, -0.1) is 0 Å². The van der Waals surface area contributed by atoms with Crippen molar-refractivity contribution in [1.29, 1.82) is 0 Å². The van der Waals surface area contributed by atoms with E-state index in [0.717, 1.165) is 18.5 Å². The Morgan fingerprint density at radius 3 is 2.33 bits per heavy atom. The highest BCUT2D eigenvalue weighted by Gasteiger charge is 2.36. The van der Waals surface area contributed by atoms with Crippen molar-refractivity contribution in [2.45, 2.75) is 44.2 Å². The van der Waals surface area contributed by atoms with Crippen LogP contribution in [0.15, 0.2) is 0 Å². The average molecular weight is 168 g/mol. The van der Waals surface area contributed by atoms with Gasteiger partial charge in [0.25, 0.3) is 0 Å². The van der Waals surface area contributed by atoms with Gasteiger partial charge in [-0.3, -0.25) is 4.90 Å². The zero-order valence-corrected chi connectivity index (χ0v) is 8.00. The number of likely N-dealkylation sites (N-methyl/N-ethyl adjacent to an activating group) is 1. The fraction of sp³-hybridized carbons (Fsp3) is 1.00. The molecule has 0 aromatic carbocycles. The monoisotopic (exact) mass is 168 g/mol. The van der Waals surface area contributed by atoms with Gasteiger partial charge in [-0.1, -0.05) is 6.42 Å². The maximum Gasteiger partial charge on any atom is 0.0246 e. The first-order valence-corrected chi connectivity index (χ1v) is 5.25. The lowest BCUT2D eigenvalue weighted by molar-refractivity contribution is 0.102. The van der Waals surface area contributed by atoms with E-state index in [9.17, 15) is 0 Å². The molecule has 0 spiro atoms. The predicted octanol–water partition coefficient (Wildman–Crippen LogP) is 1.21. The first-order valence-electron chi connectivity index (χ1n) is 5.25. The van der Waals surface area contributed by atoms with Crippen LogP contribution in [0.5, 0.6) is 0 Å². The molecule has 0 radical (unpaired) electrons. The summed E-state index contributed by atoms with van der Waals surface area (Å²) in [7, 11) is 2.26. The molecular weight excluding hydrogens is 148 g/mol. The van der Waals surface area contributed by atoms with Crippen LogP contribution < -0.4 is 5.73 Å². The molecule has 2 N–H and O–H groups in total. The molecule has 12 heavy (non-hydrogen) atoms. The summed E-state index contributed by atoms with van der Waals surface area (Å²) in [5, 5.41) is 0. The number of rotatable bonds is 4. The molecular formula is C10H20N2. The van der Waals surface area contributed by atoms with Gasteiger partial charge in [-0.05, 0) is 38.6 Å². The van der Waals surface area contributed by atoms with Gasteiger partial charge in [-0.25, -0.2) is 0 Å². The highest BCUT2D eigenvalue weighted by atomic mass is 15.2. The highest BCUT2D eigenvalue weighted by Crippen LogP contribution is 2.37. The number of nitrogens with zero attached hydrogens (tertiary/aromatic N) is 1. The molecule has 0 amide bonds. The van der Waals surface area contributed by atoms with Crippen molar-refractivity contribution < 1.29 is 0 Å². The Morgan fingerprint density at radius 1 is 1.33 bits per heavy atom. The molecule has 0 saturated heterocycles. The number of hydrogen-bond donors (Lipinski definition) is 1. The van der Waals surface area contributed by atoms with Crippen LogP contribution in [0.4, 0.5) is 0 Å². The van der Waals surface area contributed by atoms with Crippen molar-refractivity contribution in [1.82, 2.24) is 4.90 Å². The maximum absolute atomic E-state index is 5.79. The zero-order chi connectivity index (χ0) is 8.55. The van der Waals surface area contributed by atoms with Crippen molar-refractivity contribution in [2.24, 2.45) is 11.7 Å². The van der Waals surface area contributed by atoms with Gasteiger partial charge in [0.1, 0.15) is 0 Å². The molecule has 0 heterocycles. The zero-order valence-electron chi connectivity index (χ0n) is 8.00. The Hall–Kier alpha value is -0.0800. The minimum atomic E-state index is 0.690. The van der Waals surface area contributed by atoms with E-state index in [4.69, 9.17) is 5.73 Å². The van der Waals surface area contributed by atoms with Gasteiger partial charge < -0.3 is 5.73 Å². The number of hydrogen-bond acceptors (Lipinski definition) is 2. The molecule has 2 aliphatic rings. The van der Waals surface area contributed by atoms with Crippen molar-refractivity contribution >= 4 is 0 Å². The SMILES string of the molecule is CN(C1CCC1)C(CN)C1CC1. The third-order valence-corrected chi connectivity index (χ3v) is 3.58. The second-order valence-electron chi connectivity index (χ2n) is 4.39. The lowest BCUT2D eigenvalue weighted by Crippen LogP contribution is -2.48. The minimum Gasteiger partial charge on any atom is -0.329 e. The van der Waals surface area contributed by atoms with Gasteiger partial charge in [-0.2, -0.15) is 0 Å². The van der Waals surface area contributed by atoms with E-state index >= 15 is 0 Å². The maximum atomic E-state index is 5.79. The molecule has 2 rings (SSSR count). The summed E-state index contributed by atoms with van der Waals surface area (Å²) in [6.07, 6.45) is 7.06. The second kappa shape index (κ2) is 3.35. The molecule has 0 aromatic heterocycles. The summed E-state index contributed by atoms with van der Waals surface area (Å²) in [6, 6.07) is 1.55. The van der Waals surface area contributed by atoms with Crippen molar-refractivity contribution in [2.75, 3.05) is 13.6 Å². The Morgan fingerprint density at radius 2 is 2.00 bits per heavy atom. The van der Waals surface area contributed by atoms with E-state index in [0.29, 0.717) is 6.04 Å². The molecule has 2 aliphatic carbocycles. The molecule has 1 atom stereocenters. The Balaban J connectivity index is 1.85. The average Bonchev–Trinajstić information content (AvgIpc) is 2.68. The summed E-state index contributed by atoms with van der Waals surface area (Å²) >= 11 is 0. The van der Waals surface area contributed by atoms with Crippen LogP contribution in [0, 0.1) is 5.92 Å². The topological polar surface area (TPSA) is 29.3 Å².